The first kappa shape index (κ1) is 21.9. The zero-order chi connectivity index (χ0) is 19.3. The highest BCUT2D eigenvalue weighted by molar-refractivity contribution is 7.65. The van der Waals surface area contributed by atoms with Gasteiger partial charge in [-0.3, -0.25) is 19.2 Å². The first-order chi connectivity index (χ1) is 11.3. The Morgan fingerprint density at radius 1 is 1.12 bits per heavy atom. The highest BCUT2D eigenvalue weighted by Crippen LogP contribution is 2.63. The van der Waals surface area contributed by atoms with Crippen LogP contribution in [0.3, 0.4) is 0 Å². The predicted molar refractivity (Wildman–Crippen MR) is 79.2 cm³/mol. The third kappa shape index (κ3) is 8.66. The number of hydrogen-bond donors (Lipinski definition) is 4. The van der Waals surface area contributed by atoms with Crippen molar-refractivity contribution >= 4 is 34.8 Å². The van der Waals surface area contributed by atoms with Crippen LogP contribution in [-0.2, 0) is 26.8 Å². The Balaban J connectivity index is 2.55. The van der Waals surface area contributed by atoms with Crippen molar-refractivity contribution < 1.29 is 51.3 Å². The molecule has 0 saturated carbocycles. The van der Waals surface area contributed by atoms with Crippen LogP contribution in [0.25, 0.3) is 0 Å². The third-order valence-corrected chi connectivity index (χ3v) is 5.97. The van der Waals surface area contributed by atoms with Crippen molar-refractivity contribution in [1.29, 1.82) is 0 Å². The predicted octanol–water partition coefficient (Wildman–Crippen LogP) is 0.718. The minimum atomic E-state index is -5.82. The molecule has 0 aliphatic rings. The van der Waals surface area contributed by atoms with Crippen molar-refractivity contribution in [3.63, 3.8) is 0 Å². The summed E-state index contributed by atoms with van der Waals surface area (Å²) in [7, 11) is -16.6. The number of benzene rings is 1. The number of anilines is 1. The van der Waals surface area contributed by atoms with Crippen molar-refractivity contribution in [2.45, 2.75) is 0 Å². The molecule has 0 amide bonds. The summed E-state index contributed by atoms with van der Waals surface area (Å²) in [5.74, 6) is 0. The Morgan fingerprint density at radius 2 is 1.72 bits per heavy atom. The normalized spacial score (nSPS) is 16.6. The van der Waals surface area contributed by atoms with E-state index in [0.29, 0.717) is 0 Å². The molecule has 1 aromatic carbocycles. The summed E-state index contributed by atoms with van der Waals surface area (Å²) in [6, 6.07) is 5.47. The second-order valence-corrected chi connectivity index (χ2v) is 8.48. The Kier molecular flexibility index (Phi) is 7.41. The van der Waals surface area contributed by atoms with Gasteiger partial charge >= 0.3 is 15.6 Å². The van der Waals surface area contributed by atoms with Crippen molar-refractivity contribution in [3.05, 3.63) is 34.4 Å². The van der Waals surface area contributed by atoms with Crippen LogP contribution in [0.1, 0.15) is 0 Å². The van der Waals surface area contributed by atoms with E-state index in [1.54, 1.807) is 0 Å². The summed E-state index contributed by atoms with van der Waals surface area (Å²) in [4.78, 5) is 46.9. The molecule has 2 unspecified atom stereocenters. The number of nitro groups is 1. The van der Waals surface area contributed by atoms with Crippen LogP contribution in [0.15, 0.2) is 24.3 Å². The molecule has 0 fully saturated rings. The number of rotatable bonds is 10. The largest absolute Gasteiger partial charge is 0.756 e. The quantitative estimate of drug-likeness (QED) is 0.177. The molecule has 0 aliphatic heterocycles. The summed E-state index contributed by atoms with van der Waals surface area (Å²) in [5.41, 5.74) is -0.200. The standard InChI is InChI=1S/C8H13N2O12P3/c11-10(12)8-4-2-1-3-7(8)9-5-6-20-24(16,17)22-25(18,19)21-23(13,14)15/h1-4,9H,5-6H2,(H,16,17)(H,18,19)(H2,13,14,15)/p-1. The van der Waals surface area contributed by atoms with E-state index < -0.39 is 35.0 Å². The highest BCUT2D eigenvalue weighted by atomic mass is 31.3. The third-order valence-electron chi connectivity index (χ3n) is 2.18. The number of phosphoric acid groups is 3. The smallest absolute Gasteiger partial charge is 0.478 e. The van der Waals surface area contributed by atoms with E-state index in [1.807, 2.05) is 0 Å². The van der Waals surface area contributed by atoms with Gasteiger partial charge < -0.3 is 24.9 Å². The lowest BCUT2D eigenvalue weighted by molar-refractivity contribution is -0.384. The number of phosphoric ester groups is 1. The monoisotopic (exact) mass is 421 g/mol. The fourth-order valence-corrected chi connectivity index (χ4v) is 4.38. The molecule has 2 atom stereocenters. The number of nitro benzene ring substituents is 1. The van der Waals surface area contributed by atoms with E-state index in [0.717, 1.165) is 0 Å². The lowest BCUT2D eigenvalue weighted by Crippen LogP contribution is -2.12. The van der Waals surface area contributed by atoms with Gasteiger partial charge in [-0.25, -0.2) is 17.8 Å². The van der Waals surface area contributed by atoms with Crippen LogP contribution in [0.4, 0.5) is 11.4 Å². The SMILES string of the molecule is O=[N+]([O-])c1ccccc1NCCOP(=O)(O)OP(=O)([O-])OP(=O)(O)O. The van der Waals surface area contributed by atoms with E-state index in [2.05, 4.69) is 18.5 Å². The van der Waals surface area contributed by atoms with Crippen LogP contribution in [0, 0.1) is 10.1 Å². The minimum absolute atomic E-state index is 0.0733. The van der Waals surface area contributed by atoms with Crippen molar-refractivity contribution in [2.75, 3.05) is 18.5 Å². The van der Waals surface area contributed by atoms with Crippen LogP contribution < -0.4 is 10.2 Å². The zero-order valence-corrected chi connectivity index (χ0v) is 14.7. The second kappa shape index (κ2) is 8.47. The molecule has 0 radical (unpaired) electrons. The average molecular weight is 421 g/mol. The van der Waals surface area contributed by atoms with Crippen LogP contribution >= 0.6 is 23.5 Å². The molecule has 0 aromatic heterocycles. The van der Waals surface area contributed by atoms with E-state index in [-0.39, 0.29) is 17.9 Å². The summed E-state index contributed by atoms with van der Waals surface area (Å²) in [5, 5.41) is 13.3. The Hall–Kier alpha value is -1.17. The topological polar surface area (TPSA) is 218 Å². The fourth-order valence-electron chi connectivity index (χ4n) is 1.42. The molecular formula is C8H12N2O12P3-. The van der Waals surface area contributed by atoms with E-state index in [4.69, 9.17) is 14.7 Å². The number of nitrogens with one attached hydrogen (secondary N) is 1. The van der Waals surface area contributed by atoms with Crippen LogP contribution in [-0.4, -0.2) is 32.8 Å². The van der Waals surface area contributed by atoms with Gasteiger partial charge in [0.25, 0.3) is 13.5 Å². The fraction of sp³-hybridized carbons (Fsp3) is 0.250. The van der Waals surface area contributed by atoms with Crippen molar-refractivity contribution in [3.8, 4) is 0 Å². The van der Waals surface area contributed by atoms with E-state index in [9.17, 15) is 28.7 Å². The number of para-hydroxylation sites is 2. The second-order valence-electron chi connectivity index (χ2n) is 4.10. The number of nitrogens with zero attached hydrogens (tertiary/aromatic N) is 1. The molecule has 0 aliphatic carbocycles. The maximum absolute atomic E-state index is 11.4. The lowest BCUT2D eigenvalue weighted by atomic mass is 10.2. The van der Waals surface area contributed by atoms with Crippen LogP contribution in [0.5, 0.6) is 0 Å². The Labute approximate surface area is 140 Å². The van der Waals surface area contributed by atoms with Gasteiger partial charge in [0, 0.05) is 12.6 Å². The molecule has 1 rings (SSSR count). The molecule has 1 aromatic rings. The van der Waals surface area contributed by atoms with Gasteiger partial charge in [-0.1, -0.05) is 12.1 Å². The Bertz CT molecular complexity index is 762. The van der Waals surface area contributed by atoms with Gasteiger partial charge in [-0.15, -0.1) is 0 Å². The van der Waals surface area contributed by atoms with Gasteiger partial charge in [0.05, 0.1) is 11.5 Å². The molecule has 4 N–H and O–H groups in total. The average Bonchev–Trinajstić information content (AvgIpc) is 2.39. The molecular weight excluding hydrogens is 409 g/mol. The summed E-state index contributed by atoms with van der Waals surface area (Å²) < 4.78 is 43.8. The zero-order valence-electron chi connectivity index (χ0n) is 12.0. The van der Waals surface area contributed by atoms with Crippen molar-refractivity contribution in [2.24, 2.45) is 0 Å². The molecule has 25 heavy (non-hydrogen) atoms. The molecule has 0 bridgehead atoms. The maximum atomic E-state index is 11.4. The minimum Gasteiger partial charge on any atom is -0.756 e. The van der Waals surface area contributed by atoms with Crippen molar-refractivity contribution in [1.82, 2.24) is 0 Å². The van der Waals surface area contributed by atoms with E-state index in [1.165, 1.54) is 24.3 Å². The van der Waals surface area contributed by atoms with Crippen LogP contribution in [0.2, 0.25) is 0 Å². The summed E-state index contributed by atoms with van der Waals surface area (Å²) in [6.07, 6.45) is 0. The van der Waals surface area contributed by atoms with Gasteiger partial charge in [0.1, 0.15) is 5.69 Å². The van der Waals surface area contributed by atoms with E-state index >= 15 is 0 Å². The van der Waals surface area contributed by atoms with Gasteiger partial charge in [0.2, 0.25) is 0 Å². The summed E-state index contributed by atoms with van der Waals surface area (Å²) in [6.45, 7) is -0.906. The van der Waals surface area contributed by atoms with Gasteiger partial charge in [-0.2, -0.15) is 0 Å². The maximum Gasteiger partial charge on any atom is 0.478 e. The van der Waals surface area contributed by atoms with Gasteiger partial charge in [0.15, 0.2) is 0 Å². The highest BCUT2D eigenvalue weighted by Gasteiger charge is 2.33. The first-order valence-corrected chi connectivity index (χ1v) is 10.5. The molecule has 0 heterocycles. The number of hydrogen-bond acceptors (Lipinski definition) is 10. The molecule has 0 saturated heterocycles. The first-order valence-electron chi connectivity index (χ1n) is 6.05. The Morgan fingerprint density at radius 3 is 2.28 bits per heavy atom. The molecule has 142 valence electrons. The lowest BCUT2D eigenvalue weighted by Gasteiger charge is -2.24. The molecule has 14 nitrogen and oxygen atoms in total. The summed E-state index contributed by atoms with van der Waals surface area (Å²) >= 11 is 0. The molecule has 17 heteroatoms. The van der Waals surface area contributed by atoms with Gasteiger partial charge in [-0.05, 0) is 6.07 Å². The molecule has 0 spiro atoms.